The lowest BCUT2D eigenvalue weighted by Gasteiger charge is -2.14. The van der Waals surface area contributed by atoms with E-state index < -0.39 is 12.0 Å². The molecule has 1 unspecified atom stereocenters. The van der Waals surface area contributed by atoms with Gasteiger partial charge in [0.25, 0.3) is 0 Å². The zero-order chi connectivity index (χ0) is 11.4. The number of carboxylic acids is 1. The van der Waals surface area contributed by atoms with E-state index >= 15 is 0 Å². The highest BCUT2D eigenvalue weighted by atomic mass is 79.9. The zero-order valence-corrected chi connectivity index (χ0v) is 10.5. The van der Waals surface area contributed by atoms with Crippen LogP contribution in [0.15, 0.2) is 22.7 Å². The van der Waals surface area contributed by atoms with Gasteiger partial charge in [-0.25, -0.2) is 0 Å². The van der Waals surface area contributed by atoms with Gasteiger partial charge in [-0.15, -0.1) is 0 Å². The van der Waals surface area contributed by atoms with Crippen LogP contribution in [0.4, 0.5) is 0 Å². The number of carbonyl (C=O) groups is 1. The Balaban J connectivity index is 3.05. The first-order valence-electron chi connectivity index (χ1n) is 4.47. The molecule has 3 nitrogen and oxygen atoms in total. The largest absolute Gasteiger partial charge is 0.480 e. The molecular weight excluding hydrogens is 281 g/mol. The predicted molar refractivity (Wildman–Crippen MR) is 63.2 cm³/mol. The Bertz CT molecular complexity index is 370. The van der Waals surface area contributed by atoms with Crippen LogP contribution in [0.1, 0.15) is 18.5 Å². The third-order valence-corrected chi connectivity index (χ3v) is 2.75. The van der Waals surface area contributed by atoms with Gasteiger partial charge in [-0.05, 0) is 24.2 Å². The lowest BCUT2D eigenvalue weighted by atomic mass is 10.1. The van der Waals surface area contributed by atoms with E-state index in [0.29, 0.717) is 17.1 Å². The molecule has 0 saturated heterocycles. The molecular formula is C10H11BrClNO2. The number of hydrogen-bond acceptors (Lipinski definition) is 2. The van der Waals surface area contributed by atoms with Crippen LogP contribution < -0.4 is 5.32 Å². The minimum absolute atomic E-state index is 0.442. The molecule has 0 aliphatic carbocycles. The van der Waals surface area contributed by atoms with E-state index in [2.05, 4.69) is 21.2 Å². The van der Waals surface area contributed by atoms with Gasteiger partial charge in [-0.3, -0.25) is 4.79 Å². The Morgan fingerprint density at radius 3 is 2.80 bits per heavy atom. The first-order chi connectivity index (χ1) is 7.06. The van der Waals surface area contributed by atoms with E-state index in [1.165, 1.54) is 0 Å². The Kier molecular flexibility index (Phi) is 4.57. The second-order valence-corrected chi connectivity index (χ2v) is 4.32. The summed E-state index contributed by atoms with van der Waals surface area (Å²) >= 11 is 9.24. The Morgan fingerprint density at radius 1 is 1.67 bits per heavy atom. The Hall–Kier alpha value is -0.580. The zero-order valence-electron chi connectivity index (χ0n) is 8.13. The van der Waals surface area contributed by atoms with E-state index in [1.54, 1.807) is 18.2 Å². The summed E-state index contributed by atoms with van der Waals surface area (Å²) in [6, 6.07) is 4.41. The van der Waals surface area contributed by atoms with E-state index in [-0.39, 0.29) is 0 Å². The smallest absolute Gasteiger partial charge is 0.325 e. The number of hydrogen-bond donors (Lipinski definition) is 2. The van der Waals surface area contributed by atoms with E-state index in [1.807, 2.05) is 6.92 Å². The molecule has 1 atom stereocenters. The molecule has 0 saturated carbocycles. The average Bonchev–Trinajstić information content (AvgIpc) is 2.15. The van der Waals surface area contributed by atoms with Crippen molar-refractivity contribution in [3.8, 4) is 0 Å². The molecule has 82 valence electrons. The maximum atomic E-state index is 11.0. The highest BCUT2D eigenvalue weighted by molar-refractivity contribution is 9.10. The Labute approximate surface area is 102 Å². The quantitative estimate of drug-likeness (QED) is 0.897. The molecule has 0 aliphatic rings. The highest BCUT2D eigenvalue weighted by Gasteiger charge is 2.20. The van der Waals surface area contributed by atoms with Crippen LogP contribution in [0.3, 0.4) is 0 Å². The summed E-state index contributed by atoms with van der Waals surface area (Å²) in [7, 11) is 0. The monoisotopic (exact) mass is 291 g/mol. The molecule has 1 rings (SSSR count). The second-order valence-electron chi connectivity index (χ2n) is 2.99. The van der Waals surface area contributed by atoms with Gasteiger partial charge < -0.3 is 10.4 Å². The molecule has 0 fully saturated rings. The van der Waals surface area contributed by atoms with Crippen LogP contribution >= 0.6 is 27.5 Å². The number of rotatable bonds is 4. The number of nitrogens with one attached hydrogen (secondary N) is 1. The van der Waals surface area contributed by atoms with Gasteiger partial charge in [0, 0.05) is 9.50 Å². The van der Waals surface area contributed by atoms with Gasteiger partial charge >= 0.3 is 5.97 Å². The van der Waals surface area contributed by atoms with Crippen molar-refractivity contribution >= 4 is 33.5 Å². The SMILES string of the molecule is CCNC(C(=O)O)c1ccc(Br)cc1Cl. The fourth-order valence-electron chi connectivity index (χ4n) is 1.27. The molecule has 0 aliphatic heterocycles. The fourth-order valence-corrected chi connectivity index (χ4v) is 2.05. The van der Waals surface area contributed by atoms with E-state index in [9.17, 15) is 4.79 Å². The van der Waals surface area contributed by atoms with Gasteiger partial charge in [0.1, 0.15) is 6.04 Å². The number of carboxylic acid groups (broad SMARTS) is 1. The van der Waals surface area contributed by atoms with E-state index in [0.717, 1.165) is 4.47 Å². The van der Waals surface area contributed by atoms with Crippen LogP contribution in [-0.4, -0.2) is 17.6 Å². The summed E-state index contributed by atoms with van der Waals surface area (Å²) in [5.41, 5.74) is 0.578. The van der Waals surface area contributed by atoms with Crippen molar-refractivity contribution in [1.29, 1.82) is 0 Å². The summed E-state index contributed by atoms with van der Waals surface area (Å²) in [5, 5.41) is 12.3. The van der Waals surface area contributed by atoms with Gasteiger partial charge in [0.2, 0.25) is 0 Å². The van der Waals surface area contributed by atoms with Gasteiger partial charge in [-0.2, -0.15) is 0 Å². The molecule has 2 N–H and O–H groups in total. The third kappa shape index (κ3) is 3.19. The van der Waals surface area contributed by atoms with Crippen molar-refractivity contribution in [2.24, 2.45) is 0 Å². The van der Waals surface area contributed by atoms with Crippen LogP contribution in [0.25, 0.3) is 0 Å². The maximum absolute atomic E-state index is 11.0. The number of likely N-dealkylation sites (N-methyl/N-ethyl adjacent to an activating group) is 1. The summed E-state index contributed by atoms with van der Waals surface area (Å²) in [6.07, 6.45) is 0. The van der Waals surface area contributed by atoms with Gasteiger partial charge in [0.05, 0.1) is 0 Å². The molecule has 1 aromatic carbocycles. The minimum atomic E-state index is -0.930. The normalized spacial score (nSPS) is 12.5. The summed E-state index contributed by atoms with van der Waals surface area (Å²) in [6.45, 7) is 2.42. The summed E-state index contributed by atoms with van der Waals surface area (Å²) in [4.78, 5) is 11.0. The number of aliphatic carboxylic acids is 1. The van der Waals surface area contributed by atoms with Gasteiger partial charge in [-0.1, -0.05) is 40.5 Å². The molecule has 15 heavy (non-hydrogen) atoms. The maximum Gasteiger partial charge on any atom is 0.325 e. The van der Waals surface area contributed by atoms with Crippen LogP contribution in [0.2, 0.25) is 5.02 Å². The predicted octanol–water partition coefficient (Wildman–Crippen LogP) is 2.84. The van der Waals surface area contributed by atoms with Crippen LogP contribution in [0.5, 0.6) is 0 Å². The van der Waals surface area contributed by atoms with Crippen molar-refractivity contribution in [3.05, 3.63) is 33.3 Å². The summed E-state index contributed by atoms with van der Waals surface area (Å²) in [5.74, 6) is -0.930. The highest BCUT2D eigenvalue weighted by Crippen LogP contribution is 2.26. The molecule has 5 heteroatoms. The van der Waals surface area contributed by atoms with Crippen LogP contribution in [-0.2, 0) is 4.79 Å². The standard InChI is InChI=1S/C10H11BrClNO2/c1-2-13-9(10(14)15)7-4-3-6(11)5-8(7)12/h3-5,9,13H,2H2,1H3,(H,14,15). The number of benzene rings is 1. The second kappa shape index (κ2) is 5.49. The first-order valence-corrected chi connectivity index (χ1v) is 5.64. The molecule has 0 heterocycles. The van der Waals surface area contributed by atoms with Crippen LogP contribution in [0, 0.1) is 0 Å². The van der Waals surface area contributed by atoms with Crippen molar-refractivity contribution in [2.45, 2.75) is 13.0 Å². The Morgan fingerprint density at radius 2 is 2.33 bits per heavy atom. The average molecular weight is 293 g/mol. The van der Waals surface area contributed by atoms with Crippen molar-refractivity contribution in [2.75, 3.05) is 6.54 Å². The minimum Gasteiger partial charge on any atom is -0.480 e. The van der Waals surface area contributed by atoms with Crippen molar-refractivity contribution in [1.82, 2.24) is 5.32 Å². The molecule has 0 radical (unpaired) electrons. The summed E-state index contributed by atoms with van der Waals surface area (Å²) < 4.78 is 0.830. The third-order valence-electron chi connectivity index (χ3n) is 1.93. The molecule has 0 aromatic heterocycles. The van der Waals surface area contributed by atoms with Crippen molar-refractivity contribution in [3.63, 3.8) is 0 Å². The lowest BCUT2D eigenvalue weighted by Crippen LogP contribution is -2.28. The fraction of sp³-hybridized carbons (Fsp3) is 0.300. The molecule has 0 bridgehead atoms. The molecule has 0 amide bonds. The van der Waals surface area contributed by atoms with E-state index in [4.69, 9.17) is 16.7 Å². The first kappa shape index (κ1) is 12.5. The topological polar surface area (TPSA) is 49.3 Å². The van der Waals surface area contributed by atoms with Crippen molar-refractivity contribution < 1.29 is 9.90 Å². The molecule has 1 aromatic rings. The lowest BCUT2D eigenvalue weighted by molar-refractivity contribution is -0.139. The van der Waals surface area contributed by atoms with Gasteiger partial charge in [0.15, 0.2) is 0 Å². The molecule has 0 spiro atoms. The number of halogens is 2.